The van der Waals surface area contributed by atoms with Crippen LogP contribution in [0, 0.1) is 13.8 Å². The molecule has 0 bridgehead atoms. The van der Waals surface area contributed by atoms with Gasteiger partial charge in [0.1, 0.15) is 0 Å². The van der Waals surface area contributed by atoms with Gasteiger partial charge in [-0.25, -0.2) is 4.68 Å². The number of carbonyl (C=O) groups excluding carboxylic acids is 2. The molecule has 2 aromatic carbocycles. The SMILES string of the molecule is Cc1nn(-c2ccccc2)c(C)c1C(=O)C(=O)NCc1cccc(C(F)(F)F)c1. The van der Waals surface area contributed by atoms with E-state index in [1.807, 2.05) is 30.3 Å². The minimum Gasteiger partial charge on any atom is -0.345 e. The average molecular weight is 401 g/mol. The van der Waals surface area contributed by atoms with Gasteiger partial charge in [0.2, 0.25) is 0 Å². The number of nitrogens with one attached hydrogen (secondary N) is 1. The van der Waals surface area contributed by atoms with Crippen LogP contribution in [0.3, 0.4) is 0 Å². The fourth-order valence-corrected chi connectivity index (χ4v) is 3.03. The van der Waals surface area contributed by atoms with Crippen molar-refractivity contribution in [2.24, 2.45) is 0 Å². The van der Waals surface area contributed by atoms with Crippen molar-refractivity contribution >= 4 is 11.7 Å². The molecule has 0 aliphatic rings. The molecule has 5 nitrogen and oxygen atoms in total. The Labute approximate surface area is 165 Å². The third kappa shape index (κ3) is 4.37. The number of hydrogen-bond acceptors (Lipinski definition) is 3. The number of alkyl halides is 3. The van der Waals surface area contributed by atoms with Crippen LogP contribution in [0.15, 0.2) is 54.6 Å². The van der Waals surface area contributed by atoms with E-state index in [1.54, 1.807) is 18.5 Å². The number of ketones is 1. The van der Waals surface area contributed by atoms with Gasteiger partial charge in [0.15, 0.2) is 0 Å². The second-order valence-corrected chi connectivity index (χ2v) is 6.50. The lowest BCUT2D eigenvalue weighted by Crippen LogP contribution is -2.31. The summed E-state index contributed by atoms with van der Waals surface area (Å²) in [4.78, 5) is 25.0. The molecule has 1 amide bonds. The maximum atomic E-state index is 12.8. The van der Waals surface area contributed by atoms with Crippen LogP contribution in [0.5, 0.6) is 0 Å². The number of Topliss-reactive ketones (excluding diaryl/α,β-unsaturated/α-hetero) is 1. The molecule has 0 unspecified atom stereocenters. The largest absolute Gasteiger partial charge is 0.416 e. The van der Waals surface area contributed by atoms with Gasteiger partial charge in [-0.2, -0.15) is 18.3 Å². The monoisotopic (exact) mass is 401 g/mol. The number of para-hydroxylation sites is 1. The van der Waals surface area contributed by atoms with Gasteiger partial charge in [0, 0.05) is 6.54 Å². The normalized spacial score (nSPS) is 11.3. The van der Waals surface area contributed by atoms with Crippen molar-refractivity contribution in [3.05, 3.63) is 82.7 Å². The Morgan fingerprint density at radius 2 is 1.72 bits per heavy atom. The van der Waals surface area contributed by atoms with E-state index in [2.05, 4.69) is 10.4 Å². The molecule has 1 aromatic heterocycles. The highest BCUT2D eigenvalue weighted by atomic mass is 19.4. The lowest BCUT2D eigenvalue weighted by molar-refractivity contribution is -0.137. The number of nitrogens with zero attached hydrogens (tertiary/aromatic N) is 2. The van der Waals surface area contributed by atoms with Crippen molar-refractivity contribution in [1.29, 1.82) is 0 Å². The van der Waals surface area contributed by atoms with Crippen molar-refractivity contribution in [3.8, 4) is 5.69 Å². The Balaban J connectivity index is 1.76. The van der Waals surface area contributed by atoms with Gasteiger partial charge in [-0.3, -0.25) is 9.59 Å². The van der Waals surface area contributed by atoms with Crippen LogP contribution in [0.25, 0.3) is 5.69 Å². The highest BCUT2D eigenvalue weighted by molar-refractivity contribution is 6.43. The number of benzene rings is 2. The summed E-state index contributed by atoms with van der Waals surface area (Å²) in [5.74, 6) is -1.68. The van der Waals surface area contributed by atoms with Gasteiger partial charge < -0.3 is 5.32 Å². The van der Waals surface area contributed by atoms with Gasteiger partial charge >= 0.3 is 6.18 Å². The molecule has 0 spiro atoms. The van der Waals surface area contributed by atoms with Gasteiger partial charge in [0.25, 0.3) is 11.7 Å². The second-order valence-electron chi connectivity index (χ2n) is 6.50. The lowest BCUT2D eigenvalue weighted by atomic mass is 10.1. The molecule has 1 N–H and O–H groups in total. The molecule has 0 aliphatic carbocycles. The number of carbonyl (C=O) groups is 2. The zero-order chi connectivity index (χ0) is 21.2. The smallest absolute Gasteiger partial charge is 0.345 e. The number of hydrogen-bond donors (Lipinski definition) is 1. The summed E-state index contributed by atoms with van der Waals surface area (Å²) in [6, 6.07) is 13.7. The zero-order valence-corrected chi connectivity index (χ0v) is 15.7. The molecule has 0 aliphatic heterocycles. The Bertz CT molecular complexity index is 1060. The molecule has 150 valence electrons. The summed E-state index contributed by atoms with van der Waals surface area (Å²) in [5, 5.41) is 6.72. The summed E-state index contributed by atoms with van der Waals surface area (Å²) >= 11 is 0. The van der Waals surface area contributed by atoms with Crippen molar-refractivity contribution in [2.45, 2.75) is 26.6 Å². The molecule has 0 atom stereocenters. The number of aryl methyl sites for hydroxylation is 1. The van der Waals surface area contributed by atoms with E-state index in [9.17, 15) is 22.8 Å². The molecule has 3 rings (SSSR count). The summed E-state index contributed by atoms with van der Waals surface area (Å²) in [6.45, 7) is 3.11. The molecular formula is C21H18F3N3O2. The molecule has 8 heteroatoms. The molecular weight excluding hydrogens is 383 g/mol. The first kappa shape index (κ1) is 20.3. The van der Waals surface area contributed by atoms with Crippen LogP contribution in [0.1, 0.15) is 32.9 Å². The van der Waals surface area contributed by atoms with Crippen LogP contribution in [-0.2, 0) is 17.5 Å². The minimum atomic E-state index is -4.48. The quantitative estimate of drug-likeness (QED) is 0.519. The first-order valence-electron chi connectivity index (χ1n) is 8.79. The van der Waals surface area contributed by atoms with Gasteiger partial charge in [-0.15, -0.1) is 0 Å². The minimum absolute atomic E-state index is 0.176. The number of amides is 1. The molecule has 0 fully saturated rings. The third-order valence-electron chi connectivity index (χ3n) is 4.43. The van der Waals surface area contributed by atoms with Crippen LogP contribution in [-0.4, -0.2) is 21.5 Å². The molecule has 29 heavy (non-hydrogen) atoms. The number of aromatic nitrogens is 2. The maximum absolute atomic E-state index is 12.8. The standard InChI is InChI=1S/C21H18F3N3O2/c1-13-18(14(2)27(26-13)17-9-4-3-5-10-17)19(28)20(29)25-12-15-7-6-8-16(11-15)21(22,23)24/h3-11H,12H2,1-2H3,(H,25,29). The number of rotatable bonds is 5. The molecule has 3 aromatic rings. The lowest BCUT2D eigenvalue weighted by Gasteiger charge is -2.09. The Morgan fingerprint density at radius 3 is 2.38 bits per heavy atom. The van der Waals surface area contributed by atoms with Crippen LogP contribution in [0.4, 0.5) is 13.2 Å². The van der Waals surface area contributed by atoms with Gasteiger partial charge in [-0.05, 0) is 43.7 Å². The van der Waals surface area contributed by atoms with E-state index < -0.39 is 23.4 Å². The van der Waals surface area contributed by atoms with Crippen molar-refractivity contribution < 1.29 is 22.8 Å². The van der Waals surface area contributed by atoms with Crippen LogP contribution in [0.2, 0.25) is 0 Å². The zero-order valence-electron chi connectivity index (χ0n) is 15.7. The summed E-state index contributed by atoms with van der Waals surface area (Å²) in [6.07, 6.45) is -4.48. The van der Waals surface area contributed by atoms with Crippen LogP contribution >= 0.6 is 0 Å². The van der Waals surface area contributed by atoms with E-state index in [-0.39, 0.29) is 17.7 Å². The first-order chi connectivity index (χ1) is 13.7. The fraction of sp³-hybridized carbons (Fsp3) is 0.190. The average Bonchev–Trinajstić information content (AvgIpc) is 3.00. The summed E-state index contributed by atoms with van der Waals surface area (Å²) in [7, 11) is 0. The van der Waals surface area contributed by atoms with Crippen molar-refractivity contribution in [2.75, 3.05) is 0 Å². The fourth-order valence-electron chi connectivity index (χ4n) is 3.03. The van der Waals surface area contributed by atoms with E-state index in [1.165, 1.54) is 12.1 Å². The Morgan fingerprint density at radius 1 is 1.03 bits per heavy atom. The summed E-state index contributed by atoms with van der Waals surface area (Å²) in [5.41, 5.74) is 1.26. The van der Waals surface area contributed by atoms with Crippen molar-refractivity contribution in [3.63, 3.8) is 0 Å². The highest BCUT2D eigenvalue weighted by Gasteiger charge is 2.30. The highest BCUT2D eigenvalue weighted by Crippen LogP contribution is 2.29. The first-order valence-corrected chi connectivity index (χ1v) is 8.79. The third-order valence-corrected chi connectivity index (χ3v) is 4.43. The van der Waals surface area contributed by atoms with Gasteiger partial charge in [-0.1, -0.05) is 30.3 Å². The van der Waals surface area contributed by atoms with E-state index in [0.717, 1.165) is 17.8 Å². The van der Waals surface area contributed by atoms with E-state index >= 15 is 0 Å². The number of halogens is 3. The van der Waals surface area contributed by atoms with E-state index in [4.69, 9.17) is 0 Å². The second kappa shape index (κ2) is 7.90. The van der Waals surface area contributed by atoms with Crippen LogP contribution < -0.4 is 5.32 Å². The van der Waals surface area contributed by atoms with Gasteiger partial charge in [0.05, 0.1) is 28.2 Å². The predicted octanol–water partition coefficient (Wildman–Crippen LogP) is 4.01. The summed E-state index contributed by atoms with van der Waals surface area (Å²) < 4.78 is 40.0. The molecule has 0 radical (unpaired) electrons. The molecule has 1 heterocycles. The predicted molar refractivity (Wildman–Crippen MR) is 101 cm³/mol. The Hall–Kier alpha value is -3.42. The van der Waals surface area contributed by atoms with Crippen molar-refractivity contribution in [1.82, 2.24) is 15.1 Å². The topological polar surface area (TPSA) is 64.0 Å². The van der Waals surface area contributed by atoms with E-state index in [0.29, 0.717) is 11.4 Å². The maximum Gasteiger partial charge on any atom is 0.416 e. The Kier molecular flexibility index (Phi) is 5.54. The molecule has 0 saturated heterocycles. The molecule has 0 saturated carbocycles.